The van der Waals surface area contributed by atoms with Crippen LogP contribution in [-0.4, -0.2) is 71.0 Å². The van der Waals surface area contributed by atoms with E-state index >= 15 is 0 Å². The predicted octanol–water partition coefficient (Wildman–Crippen LogP) is 1.62. The summed E-state index contributed by atoms with van der Waals surface area (Å²) in [6.45, 7) is 0.490. The molecular formula is C23H28N4O9S. The molecule has 0 fully saturated rings. The molecule has 0 radical (unpaired) electrons. The summed E-state index contributed by atoms with van der Waals surface area (Å²) in [5, 5.41) is 15.6. The molecule has 2 N–H and O–H groups in total. The van der Waals surface area contributed by atoms with Crippen molar-refractivity contribution in [2.24, 2.45) is 5.11 Å². The number of carbonyl (C=O) groups excluding carboxylic acids is 2. The number of aryl methyl sites for hydroxylation is 1. The third kappa shape index (κ3) is 10.5. The van der Waals surface area contributed by atoms with Gasteiger partial charge in [0.25, 0.3) is 10.1 Å². The van der Waals surface area contributed by atoms with Crippen molar-refractivity contribution in [1.82, 2.24) is 5.32 Å². The maximum Gasteiger partial charge on any atom is 0.330 e. The minimum Gasteiger partial charge on any atom is -0.491 e. The molecule has 0 saturated heterocycles. The minimum absolute atomic E-state index is 0.0106. The van der Waals surface area contributed by atoms with Gasteiger partial charge >= 0.3 is 5.97 Å². The summed E-state index contributed by atoms with van der Waals surface area (Å²) in [6.07, 6.45) is -1.21. The van der Waals surface area contributed by atoms with Gasteiger partial charge in [-0.25, -0.2) is 4.79 Å². The first-order chi connectivity index (χ1) is 17.6. The number of hydrogen-bond donors (Lipinski definition) is 2. The lowest BCUT2D eigenvalue weighted by Crippen LogP contribution is -2.45. The lowest BCUT2D eigenvalue weighted by molar-refractivity contribution is -0.146. The number of nitrogens with zero attached hydrogens (tertiary/aromatic N) is 3. The quantitative estimate of drug-likeness (QED) is 0.112. The van der Waals surface area contributed by atoms with E-state index in [0.29, 0.717) is 11.3 Å². The molecule has 1 amide bonds. The van der Waals surface area contributed by atoms with E-state index in [1.54, 1.807) is 36.4 Å². The van der Waals surface area contributed by atoms with Gasteiger partial charge < -0.3 is 24.6 Å². The Morgan fingerprint density at radius 1 is 1.14 bits per heavy atom. The Balaban J connectivity index is 1.82. The first-order valence-electron chi connectivity index (χ1n) is 11.0. The fourth-order valence-corrected chi connectivity index (χ4v) is 3.79. The van der Waals surface area contributed by atoms with E-state index in [1.165, 1.54) is 12.1 Å². The van der Waals surface area contributed by atoms with Gasteiger partial charge in [0.15, 0.2) is 6.04 Å². The van der Waals surface area contributed by atoms with Crippen molar-refractivity contribution < 1.29 is 41.5 Å². The maximum absolute atomic E-state index is 12.2. The van der Waals surface area contributed by atoms with Gasteiger partial charge in [0.2, 0.25) is 5.91 Å². The van der Waals surface area contributed by atoms with Crippen molar-refractivity contribution in [3.63, 3.8) is 0 Å². The largest absolute Gasteiger partial charge is 0.491 e. The van der Waals surface area contributed by atoms with E-state index in [1.807, 2.05) is 6.92 Å². The number of amides is 1. The van der Waals surface area contributed by atoms with Crippen LogP contribution in [0.2, 0.25) is 0 Å². The van der Waals surface area contributed by atoms with Gasteiger partial charge in [-0.3, -0.25) is 8.98 Å². The normalized spacial score (nSPS) is 12.6. The molecule has 13 nitrogen and oxygen atoms in total. The number of esters is 1. The van der Waals surface area contributed by atoms with Crippen LogP contribution >= 0.6 is 0 Å². The summed E-state index contributed by atoms with van der Waals surface area (Å²) in [5.74, 6) is -1.01. The summed E-state index contributed by atoms with van der Waals surface area (Å²) >= 11 is 0. The van der Waals surface area contributed by atoms with Crippen LogP contribution in [0.1, 0.15) is 11.1 Å². The lowest BCUT2D eigenvalue weighted by Gasteiger charge is -2.16. The van der Waals surface area contributed by atoms with Crippen LogP contribution in [0.15, 0.2) is 58.5 Å². The van der Waals surface area contributed by atoms with E-state index in [0.717, 1.165) is 12.7 Å². The van der Waals surface area contributed by atoms with E-state index in [4.69, 9.17) is 19.2 Å². The van der Waals surface area contributed by atoms with Gasteiger partial charge in [-0.1, -0.05) is 34.9 Å². The van der Waals surface area contributed by atoms with E-state index in [2.05, 4.69) is 20.1 Å². The highest BCUT2D eigenvalue weighted by molar-refractivity contribution is 7.86. The third-order valence-corrected chi connectivity index (χ3v) is 6.01. The standard InChI is InChI=1S/C23H28N4O9S/c1-16-6-8-20(9-7-16)37(31,32)36-14-18(28)13-35-19-5-3-4-17(10-19)12-34-15-21(23(30)33-2)26-22(29)11-25-27-24/h3-10,18,21,28H,11-15H2,1-2H3,(H,26,29). The Morgan fingerprint density at radius 2 is 1.86 bits per heavy atom. The van der Waals surface area contributed by atoms with Crippen LogP contribution < -0.4 is 10.1 Å². The molecule has 0 spiro atoms. The number of hydrogen-bond acceptors (Lipinski definition) is 10. The molecule has 0 aromatic heterocycles. The second kappa shape index (κ2) is 14.8. The number of aliphatic hydroxyl groups is 1. The van der Waals surface area contributed by atoms with Crippen molar-refractivity contribution >= 4 is 22.0 Å². The van der Waals surface area contributed by atoms with Crippen molar-refractivity contribution in [1.29, 1.82) is 0 Å². The van der Waals surface area contributed by atoms with Crippen molar-refractivity contribution in [3.8, 4) is 5.75 Å². The second-order valence-electron chi connectivity index (χ2n) is 7.71. The molecule has 2 unspecified atom stereocenters. The topological polar surface area (TPSA) is 186 Å². The summed E-state index contributed by atoms with van der Waals surface area (Å²) in [6, 6.07) is 11.7. The molecule has 37 heavy (non-hydrogen) atoms. The molecule has 0 aliphatic rings. The van der Waals surface area contributed by atoms with Crippen LogP contribution in [0.5, 0.6) is 5.75 Å². The Morgan fingerprint density at radius 3 is 2.54 bits per heavy atom. The fourth-order valence-electron chi connectivity index (χ4n) is 2.85. The van der Waals surface area contributed by atoms with E-state index < -0.39 is 47.3 Å². The molecule has 2 atom stereocenters. The number of benzene rings is 2. The Labute approximate surface area is 214 Å². The van der Waals surface area contributed by atoms with Gasteiger partial charge in [-0.2, -0.15) is 8.42 Å². The number of rotatable bonds is 15. The number of nitrogens with one attached hydrogen (secondary N) is 1. The zero-order valence-corrected chi connectivity index (χ0v) is 21.1. The zero-order chi connectivity index (χ0) is 27.3. The van der Waals surface area contributed by atoms with Crippen LogP contribution in [-0.2, 0) is 40.0 Å². The molecular weight excluding hydrogens is 508 g/mol. The molecule has 2 aromatic rings. The Bertz CT molecular complexity index is 1200. The van der Waals surface area contributed by atoms with Crippen molar-refractivity contribution in [2.75, 3.05) is 33.5 Å². The Hall–Kier alpha value is -3.68. The lowest BCUT2D eigenvalue weighted by atomic mass is 10.2. The van der Waals surface area contributed by atoms with Gasteiger partial charge in [0.05, 0.1) is 31.8 Å². The molecule has 0 aliphatic heterocycles. The summed E-state index contributed by atoms with van der Waals surface area (Å²) in [5.41, 5.74) is 9.84. The van der Waals surface area contributed by atoms with Crippen molar-refractivity contribution in [3.05, 3.63) is 70.1 Å². The highest BCUT2D eigenvalue weighted by Gasteiger charge is 2.22. The molecule has 0 bridgehead atoms. The second-order valence-corrected chi connectivity index (χ2v) is 9.33. The van der Waals surface area contributed by atoms with Crippen LogP contribution in [0.3, 0.4) is 0 Å². The SMILES string of the molecule is COC(=O)C(COCc1cccc(OCC(O)COS(=O)(=O)c2ccc(C)cc2)c1)NC(=O)CN=[N+]=[N-]. The van der Waals surface area contributed by atoms with Gasteiger partial charge in [0.1, 0.15) is 25.0 Å². The highest BCUT2D eigenvalue weighted by atomic mass is 32.2. The number of ether oxygens (including phenoxy) is 3. The number of aliphatic hydroxyl groups excluding tert-OH is 1. The van der Waals surface area contributed by atoms with Crippen molar-refractivity contribution in [2.45, 2.75) is 30.6 Å². The summed E-state index contributed by atoms with van der Waals surface area (Å²) in [7, 11) is -2.85. The van der Waals surface area contributed by atoms with Gasteiger partial charge in [-0.05, 0) is 42.3 Å². The highest BCUT2D eigenvalue weighted by Crippen LogP contribution is 2.16. The van der Waals surface area contributed by atoms with E-state index in [-0.39, 0.29) is 24.7 Å². The number of methoxy groups -OCH3 is 1. The van der Waals surface area contributed by atoms with E-state index in [9.17, 15) is 23.1 Å². The number of azide groups is 1. The zero-order valence-electron chi connectivity index (χ0n) is 20.3. The smallest absolute Gasteiger partial charge is 0.330 e. The molecule has 0 aliphatic carbocycles. The van der Waals surface area contributed by atoms with Crippen LogP contribution in [0.4, 0.5) is 0 Å². The van der Waals surface area contributed by atoms with Crippen LogP contribution in [0.25, 0.3) is 10.4 Å². The first-order valence-corrected chi connectivity index (χ1v) is 12.4. The molecule has 2 rings (SSSR count). The average molecular weight is 537 g/mol. The fraction of sp³-hybridized carbons (Fsp3) is 0.391. The summed E-state index contributed by atoms with van der Waals surface area (Å²) < 4.78 is 45.0. The average Bonchev–Trinajstić information content (AvgIpc) is 2.89. The monoisotopic (exact) mass is 536 g/mol. The molecule has 0 heterocycles. The third-order valence-electron chi connectivity index (χ3n) is 4.72. The van der Waals surface area contributed by atoms with Gasteiger partial charge in [0, 0.05) is 4.91 Å². The molecule has 14 heteroatoms. The maximum atomic E-state index is 12.2. The molecule has 0 saturated carbocycles. The van der Waals surface area contributed by atoms with Gasteiger partial charge in [-0.15, -0.1) is 0 Å². The van der Waals surface area contributed by atoms with Crippen LogP contribution in [0, 0.1) is 6.92 Å². The summed E-state index contributed by atoms with van der Waals surface area (Å²) in [4.78, 5) is 26.0. The minimum atomic E-state index is -4.01. The first kappa shape index (κ1) is 29.5. The molecule has 2 aromatic carbocycles. The molecule has 200 valence electrons. The number of carbonyl (C=O) groups is 2. The Kier molecular flexibility index (Phi) is 11.8. The predicted molar refractivity (Wildman–Crippen MR) is 130 cm³/mol.